The number of rotatable bonds is 4. The number of amides is 1. The first-order chi connectivity index (χ1) is 10.0. The molecule has 21 heavy (non-hydrogen) atoms. The molecule has 0 aliphatic carbocycles. The number of carbonyl (C=O) groups excluding carboxylic acids is 2. The second-order valence-corrected chi connectivity index (χ2v) is 4.74. The molecule has 1 atom stereocenters. The molecule has 1 N–H and O–H groups in total. The maximum Gasteiger partial charge on any atom is 0.328 e. The van der Waals surface area contributed by atoms with Crippen LogP contribution in [-0.4, -0.2) is 30.2 Å². The molecule has 2 rings (SSSR count). The molecular formula is C14H13ClN2O4. The summed E-state index contributed by atoms with van der Waals surface area (Å²) in [5, 5.41) is 6.82. The Kier molecular flexibility index (Phi) is 4.59. The number of hydrogen-bond acceptors (Lipinski definition) is 5. The summed E-state index contributed by atoms with van der Waals surface area (Å²) in [6.07, 6.45) is 0. The van der Waals surface area contributed by atoms with Crippen LogP contribution >= 0.6 is 11.6 Å². The molecule has 1 aromatic carbocycles. The topological polar surface area (TPSA) is 81.4 Å². The number of carbonyl (C=O) groups is 2. The SMILES string of the molecule is COC(=O)[C@H](C)NC(=O)c1cc(-c2cccc(Cl)c2)no1. The van der Waals surface area contributed by atoms with Gasteiger partial charge in [0.05, 0.1) is 7.11 Å². The van der Waals surface area contributed by atoms with Crippen LogP contribution in [0.2, 0.25) is 5.02 Å². The van der Waals surface area contributed by atoms with Crippen molar-refractivity contribution in [2.24, 2.45) is 0 Å². The number of nitrogens with one attached hydrogen (secondary N) is 1. The molecule has 1 heterocycles. The van der Waals surface area contributed by atoms with Crippen LogP contribution in [0.1, 0.15) is 17.5 Å². The molecule has 0 bridgehead atoms. The van der Waals surface area contributed by atoms with E-state index in [0.717, 1.165) is 5.56 Å². The highest BCUT2D eigenvalue weighted by Crippen LogP contribution is 2.22. The average molecular weight is 309 g/mol. The fourth-order valence-electron chi connectivity index (χ4n) is 1.67. The Labute approximate surface area is 126 Å². The van der Waals surface area contributed by atoms with Crippen molar-refractivity contribution in [3.63, 3.8) is 0 Å². The largest absolute Gasteiger partial charge is 0.467 e. The minimum atomic E-state index is -0.776. The smallest absolute Gasteiger partial charge is 0.328 e. The van der Waals surface area contributed by atoms with Gasteiger partial charge in [0.1, 0.15) is 11.7 Å². The molecule has 0 saturated carbocycles. The van der Waals surface area contributed by atoms with Gasteiger partial charge in [-0.25, -0.2) is 4.79 Å². The fraction of sp³-hybridized carbons (Fsp3) is 0.214. The van der Waals surface area contributed by atoms with E-state index < -0.39 is 17.9 Å². The zero-order valence-electron chi connectivity index (χ0n) is 11.4. The molecule has 0 radical (unpaired) electrons. The highest BCUT2D eigenvalue weighted by Gasteiger charge is 2.20. The van der Waals surface area contributed by atoms with Gasteiger partial charge >= 0.3 is 5.97 Å². The van der Waals surface area contributed by atoms with Gasteiger partial charge in [0.25, 0.3) is 5.91 Å². The lowest BCUT2D eigenvalue weighted by atomic mass is 10.1. The van der Waals surface area contributed by atoms with Crippen LogP contribution in [0.5, 0.6) is 0 Å². The van der Waals surface area contributed by atoms with Crippen molar-refractivity contribution in [3.8, 4) is 11.3 Å². The summed E-state index contributed by atoms with van der Waals surface area (Å²) >= 11 is 5.89. The molecule has 0 spiro atoms. The fourth-order valence-corrected chi connectivity index (χ4v) is 1.86. The van der Waals surface area contributed by atoms with Crippen LogP contribution in [0.25, 0.3) is 11.3 Å². The predicted octanol–water partition coefficient (Wildman–Crippen LogP) is 2.29. The lowest BCUT2D eigenvalue weighted by Crippen LogP contribution is -2.38. The highest BCUT2D eigenvalue weighted by molar-refractivity contribution is 6.30. The van der Waals surface area contributed by atoms with Crippen LogP contribution in [0.3, 0.4) is 0 Å². The van der Waals surface area contributed by atoms with Gasteiger partial charge in [-0.05, 0) is 19.1 Å². The average Bonchev–Trinajstić information content (AvgIpc) is 2.96. The zero-order chi connectivity index (χ0) is 15.4. The van der Waals surface area contributed by atoms with E-state index in [0.29, 0.717) is 10.7 Å². The summed E-state index contributed by atoms with van der Waals surface area (Å²) in [7, 11) is 1.25. The second-order valence-electron chi connectivity index (χ2n) is 4.31. The van der Waals surface area contributed by atoms with Crippen LogP contribution < -0.4 is 5.32 Å². The first kappa shape index (κ1) is 15.1. The summed E-state index contributed by atoms with van der Waals surface area (Å²) in [5.74, 6) is -1.09. The van der Waals surface area contributed by atoms with Gasteiger partial charge in [-0.15, -0.1) is 0 Å². The number of methoxy groups -OCH3 is 1. The van der Waals surface area contributed by atoms with Crippen molar-refractivity contribution in [2.75, 3.05) is 7.11 Å². The maximum atomic E-state index is 11.9. The van der Waals surface area contributed by atoms with Gasteiger partial charge < -0.3 is 14.6 Å². The minimum absolute atomic E-state index is 0.000675. The van der Waals surface area contributed by atoms with Gasteiger partial charge in [-0.3, -0.25) is 4.79 Å². The van der Waals surface area contributed by atoms with Gasteiger partial charge in [0.15, 0.2) is 0 Å². The Morgan fingerprint density at radius 2 is 2.14 bits per heavy atom. The van der Waals surface area contributed by atoms with Gasteiger partial charge in [-0.1, -0.05) is 28.9 Å². The first-order valence-electron chi connectivity index (χ1n) is 6.12. The van der Waals surface area contributed by atoms with E-state index in [2.05, 4.69) is 15.2 Å². The Morgan fingerprint density at radius 1 is 1.38 bits per heavy atom. The van der Waals surface area contributed by atoms with Gasteiger partial charge in [-0.2, -0.15) is 0 Å². The van der Waals surface area contributed by atoms with Crippen molar-refractivity contribution in [2.45, 2.75) is 13.0 Å². The Balaban J connectivity index is 2.13. The minimum Gasteiger partial charge on any atom is -0.467 e. The number of nitrogens with zero attached hydrogens (tertiary/aromatic N) is 1. The van der Waals surface area contributed by atoms with Crippen molar-refractivity contribution in [3.05, 3.63) is 41.1 Å². The molecule has 0 fully saturated rings. The predicted molar refractivity (Wildman–Crippen MR) is 75.9 cm³/mol. The Bertz CT molecular complexity index is 668. The number of benzene rings is 1. The number of hydrogen-bond donors (Lipinski definition) is 1. The quantitative estimate of drug-likeness (QED) is 0.876. The summed E-state index contributed by atoms with van der Waals surface area (Å²) in [4.78, 5) is 23.2. The second kappa shape index (κ2) is 6.41. The molecule has 1 amide bonds. The third-order valence-electron chi connectivity index (χ3n) is 2.76. The van der Waals surface area contributed by atoms with Crippen molar-refractivity contribution in [1.82, 2.24) is 10.5 Å². The summed E-state index contributed by atoms with van der Waals surface area (Å²) in [5.41, 5.74) is 1.21. The number of aromatic nitrogens is 1. The zero-order valence-corrected chi connectivity index (χ0v) is 12.2. The van der Waals surface area contributed by atoms with E-state index in [1.165, 1.54) is 20.1 Å². The lowest BCUT2D eigenvalue weighted by molar-refractivity contribution is -0.142. The van der Waals surface area contributed by atoms with E-state index >= 15 is 0 Å². The van der Waals surface area contributed by atoms with Crippen molar-refractivity contribution >= 4 is 23.5 Å². The molecule has 0 aliphatic rings. The molecule has 0 saturated heterocycles. The van der Waals surface area contributed by atoms with E-state index in [-0.39, 0.29) is 5.76 Å². The summed E-state index contributed by atoms with van der Waals surface area (Å²) in [6, 6.07) is 7.70. The first-order valence-corrected chi connectivity index (χ1v) is 6.50. The molecule has 0 unspecified atom stereocenters. The summed E-state index contributed by atoms with van der Waals surface area (Å²) in [6.45, 7) is 1.51. The van der Waals surface area contributed by atoms with Gasteiger partial charge in [0.2, 0.25) is 5.76 Å². The van der Waals surface area contributed by atoms with Crippen molar-refractivity contribution < 1.29 is 18.8 Å². The number of ether oxygens (including phenoxy) is 1. The van der Waals surface area contributed by atoms with Gasteiger partial charge in [0, 0.05) is 16.7 Å². The van der Waals surface area contributed by atoms with Crippen LogP contribution in [-0.2, 0) is 9.53 Å². The van der Waals surface area contributed by atoms with E-state index in [1.54, 1.807) is 24.3 Å². The van der Waals surface area contributed by atoms with Crippen LogP contribution in [0, 0.1) is 0 Å². The number of halogens is 1. The molecule has 110 valence electrons. The highest BCUT2D eigenvalue weighted by atomic mass is 35.5. The van der Waals surface area contributed by atoms with Crippen LogP contribution in [0.4, 0.5) is 0 Å². The maximum absolute atomic E-state index is 11.9. The van der Waals surface area contributed by atoms with E-state index in [1.807, 2.05) is 0 Å². The number of esters is 1. The Hall–Kier alpha value is -2.34. The molecule has 2 aromatic rings. The molecule has 6 nitrogen and oxygen atoms in total. The molecule has 0 aliphatic heterocycles. The van der Waals surface area contributed by atoms with E-state index in [9.17, 15) is 9.59 Å². The molecular weight excluding hydrogens is 296 g/mol. The summed E-state index contributed by atoms with van der Waals surface area (Å²) < 4.78 is 9.50. The third kappa shape index (κ3) is 3.61. The van der Waals surface area contributed by atoms with E-state index in [4.69, 9.17) is 16.1 Å². The Morgan fingerprint density at radius 3 is 2.81 bits per heavy atom. The standard InChI is InChI=1S/C14H13ClN2O4/c1-8(14(19)20-2)16-13(18)12-7-11(17-21-12)9-4-3-5-10(15)6-9/h3-8H,1-2H3,(H,16,18)/t8-/m0/s1. The molecule has 7 heteroatoms. The normalized spacial score (nSPS) is 11.8. The van der Waals surface area contributed by atoms with Crippen LogP contribution in [0.15, 0.2) is 34.9 Å². The molecule has 1 aromatic heterocycles. The lowest BCUT2D eigenvalue weighted by Gasteiger charge is -2.09. The third-order valence-corrected chi connectivity index (χ3v) is 2.99. The van der Waals surface area contributed by atoms with Crippen molar-refractivity contribution in [1.29, 1.82) is 0 Å². The monoisotopic (exact) mass is 308 g/mol.